The van der Waals surface area contributed by atoms with Crippen LogP contribution in [0.4, 0.5) is 0 Å². The Morgan fingerprint density at radius 2 is 1.88 bits per heavy atom. The van der Waals surface area contributed by atoms with Crippen molar-refractivity contribution in [2.45, 2.75) is 52.5 Å². The van der Waals surface area contributed by atoms with Crippen LogP contribution in [-0.2, 0) is 4.74 Å². The van der Waals surface area contributed by atoms with Crippen LogP contribution in [0, 0.1) is 17.3 Å². The molecule has 0 aromatic heterocycles. The van der Waals surface area contributed by atoms with E-state index < -0.39 is 0 Å². The van der Waals surface area contributed by atoms with Crippen LogP contribution in [0.25, 0.3) is 0 Å². The molecule has 2 rings (SSSR count). The summed E-state index contributed by atoms with van der Waals surface area (Å²) in [7, 11) is 0. The van der Waals surface area contributed by atoms with Gasteiger partial charge < -0.3 is 10.1 Å². The SMILES string of the molecule is CCOCC1(CNC(C)(C)C)CC2CC2C1. The summed E-state index contributed by atoms with van der Waals surface area (Å²) >= 11 is 0. The fourth-order valence-electron chi connectivity index (χ4n) is 3.09. The summed E-state index contributed by atoms with van der Waals surface area (Å²) < 4.78 is 5.71. The van der Waals surface area contributed by atoms with Crippen LogP contribution < -0.4 is 5.32 Å². The van der Waals surface area contributed by atoms with Gasteiger partial charge in [-0.3, -0.25) is 0 Å². The van der Waals surface area contributed by atoms with Gasteiger partial charge in [0.1, 0.15) is 0 Å². The largest absolute Gasteiger partial charge is 0.381 e. The number of rotatable bonds is 5. The van der Waals surface area contributed by atoms with Crippen LogP contribution in [-0.4, -0.2) is 25.3 Å². The molecular formula is C14H27NO. The molecule has 2 unspecified atom stereocenters. The predicted molar refractivity (Wildman–Crippen MR) is 67.5 cm³/mol. The van der Waals surface area contributed by atoms with E-state index in [1.54, 1.807) is 0 Å². The second-order valence-corrected chi connectivity index (χ2v) is 6.90. The first kappa shape index (κ1) is 12.4. The van der Waals surface area contributed by atoms with E-state index in [1.165, 1.54) is 19.3 Å². The lowest BCUT2D eigenvalue weighted by molar-refractivity contribution is 0.0423. The first-order chi connectivity index (χ1) is 7.44. The van der Waals surface area contributed by atoms with Gasteiger partial charge in [0.05, 0.1) is 6.61 Å². The minimum Gasteiger partial charge on any atom is -0.381 e. The van der Waals surface area contributed by atoms with Crippen molar-refractivity contribution in [3.63, 3.8) is 0 Å². The summed E-state index contributed by atoms with van der Waals surface area (Å²) in [6, 6.07) is 0. The fourth-order valence-corrected chi connectivity index (χ4v) is 3.09. The maximum absolute atomic E-state index is 5.71. The molecule has 0 amide bonds. The van der Waals surface area contributed by atoms with E-state index >= 15 is 0 Å². The lowest BCUT2D eigenvalue weighted by Gasteiger charge is -2.34. The number of hydrogen-bond acceptors (Lipinski definition) is 2. The van der Waals surface area contributed by atoms with E-state index in [4.69, 9.17) is 4.74 Å². The monoisotopic (exact) mass is 225 g/mol. The predicted octanol–water partition coefficient (Wildman–Crippen LogP) is 2.83. The molecule has 2 aliphatic carbocycles. The highest BCUT2D eigenvalue weighted by Gasteiger charge is 2.53. The smallest absolute Gasteiger partial charge is 0.0534 e. The quantitative estimate of drug-likeness (QED) is 0.777. The maximum Gasteiger partial charge on any atom is 0.0534 e. The third-order valence-electron chi connectivity index (χ3n) is 4.07. The van der Waals surface area contributed by atoms with Crippen molar-refractivity contribution in [2.75, 3.05) is 19.8 Å². The van der Waals surface area contributed by atoms with E-state index in [0.29, 0.717) is 5.41 Å². The van der Waals surface area contributed by atoms with Crippen molar-refractivity contribution in [2.24, 2.45) is 17.3 Å². The third-order valence-corrected chi connectivity index (χ3v) is 4.07. The second kappa shape index (κ2) is 4.30. The molecule has 2 fully saturated rings. The van der Waals surface area contributed by atoms with Crippen LogP contribution in [0.3, 0.4) is 0 Å². The van der Waals surface area contributed by atoms with Crippen molar-refractivity contribution < 1.29 is 4.74 Å². The van der Waals surface area contributed by atoms with Gasteiger partial charge in [0.25, 0.3) is 0 Å². The van der Waals surface area contributed by atoms with Crippen molar-refractivity contribution in [1.29, 1.82) is 0 Å². The molecule has 2 nitrogen and oxygen atoms in total. The summed E-state index contributed by atoms with van der Waals surface area (Å²) in [6.45, 7) is 11.8. The Bertz CT molecular complexity index is 234. The highest BCUT2D eigenvalue weighted by atomic mass is 16.5. The van der Waals surface area contributed by atoms with Crippen LogP contribution in [0.15, 0.2) is 0 Å². The van der Waals surface area contributed by atoms with Gasteiger partial charge in [-0.25, -0.2) is 0 Å². The van der Waals surface area contributed by atoms with Crippen molar-refractivity contribution in [3.05, 3.63) is 0 Å². The molecule has 2 saturated carbocycles. The topological polar surface area (TPSA) is 21.3 Å². The average Bonchev–Trinajstić information content (AvgIpc) is 2.81. The second-order valence-electron chi connectivity index (χ2n) is 6.90. The normalized spacial score (nSPS) is 37.5. The zero-order chi connectivity index (χ0) is 11.8. The molecule has 2 aliphatic rings. The van der Waals surface area contributed by atoms with E-state index in [-0.39, 0.29) is 5.54 Å². The highest BCUT2D eigenvalue weighted by molar-refractivity contribution is 5.04. The summed E-state index contributed by atoms with van der Waals surface area (Å²) in [6.07, 6.45) is 4.27. The minimum atomic E-state index is 0.228. The average molecular weight is 225 g/mol. The molecule has 0 aromatic rings. The standard InChI is InChI=1S/C14H27NO/c1-5-16-10-14(9-15-13(2,3)4)7-11-6-12(11)8-14/h11-12,15H,5-10H2,1-4H3. The van der Waals surface area contributed by atoms with Gasteiger partial charge in [0, 0.05) is 24.1 Å². The van der Waals surface area contributed by atoms with Crippen LogP contribution >= 0.6 is 0 Å². The molecule has 0 saturated heterocycles. The Morgan fingerprint density at radius 1 is 1.25 bits per heavy atom. The maximum atomic E-state index is 5.71. The molecule has 0 aliphatic heterocycles. The fraction of sp³-hybridized carbons (Fsp3) is 1.00. The Labute approximate surface area is 100 Å². The number of fused-ring (bicyclic) bond motifs is 1. The Kier molecular flexibility index (Phi) is 3.33. The first-order valence-electron chi connectivity index (χ1n) is 6.77. The molecular weight excluding hydrogens is 198 g/mol. The van der Waals surface area contributed by atoms with Crippen LogP contribution in [0.1, 0.15) is 47.0 Å². The molecule has 0 heterocycles. The summed E-state index contributed by atoms with van der Waals surface area (Å²) in [5.74, 6) is 2.06. The summed E-state index contributed by atoms with van der Waals surface area (Å²) in [5.41, 5.74) is 0.670. The van der Waals surface area contributed by atoms with E-state index in [1.807, 2.05) is 0 Å². The zero-order valence-electron chi connectivity index (χ0n) is 11.3. The zero-order valence-corrected chi connectivity index (χ0v) is 11.3. The molecule has 2 heteroatoms. The molecule has 0 spiro atoms. The molecule has 0 aromatic carbocycles. The van der Waals surface area contributed by atoms with Gasteiger partial charge in [-0.05, 0) is 58.8 Å². The van der Waals surface area contributed by atoms with Gasteiger partial charge in [-0.1, -0.05) is 0 Å². The Hall–Kier alpha value is -0.0800. The Balaban J connectivity index is 1.87. The van der Waals surface area contributed by atoms with Crippen molar-refractivity contribution in [1.82, 2.24) is 5.32 Å². The lowest BCUT2D eigenvalue weighted by atomic mass is 9.83. The number of hydrogen-bond donors (Lipinski definition) is 1. The highest BCUT2D eigenvalue weighted by Crippen LogP contribution is 2.59. The lowest BCUT2D eigenvalue weighted by Crippen LogP contribution is -2.45. The molecule has 0 radical (unpaired) electrons. The van der Waals surface area contributed by atoms with Gasteiger partial charge >= 0.3 is 0 Å². The van der Waals surface area contributed by atoms with E-state index in [9.17, 15) is 0 Å². The third kappa shape index (κ3) is 2.98. The molecule has 94 valence electrons. The molecule has 16 heavy (non-hydrogen) atoms. The van der Waals surface area contributed by atoms with Gasteiger partial charge in [0.15, 0.2) is 0 Å². The Morgan fingerprint density at radius 3 is 2.38 bits per heavy atom. The summed E-state index contributed by atoms with van der Waals surface area (Å²) in [5, 5.41) is 3.67. The van der Waals surface area contributed by atoms with E-state index in [0.717, 1.165) is 31.6 Å². The van der Waals surface area contributed by atoms with Gasteiger partial charge in [-0.15, -0.1) is 0 Å². The number of ether oxygens (including phenoxy) is 1. The number of nitrogens with one attached hydrogen (secondary N) is 1. The molecule has 2 atom stereocenters. The van der Waals surface area contributed by atoms with E-state index in [2.05, 4.69) is 33.0 Å². The van der Waals surface area contributed by atoms with Crippen LogP contribution in [0.5, 0.6) is 0 Å². The minimum absolute atomic E-state index is 0.228. The first-order valence-corrected chi connectivity index (χ1v) is 6.77. The van der Waals surface area contributed by atoms with Crippen LogP contribution in [0.2, 0.25) is 0 Å². The molecule has 1 N–H and O–H groups in total. The van der Waals surface area contributed by atoms with Crippen molar-refractivity contribution >= 4 is 0 Å². The van der Waals surface area contributed by atoms with Crippen molar-refractivity contribution in [3.8, 4) is 0 Å². The van der Waals surface area contributed by atoms with Gasteiger partial charge in [-0.2, -0.15) is 0 Å². The van der Waals surface area contributed by atoms with Gasteiger partial charge in [0.2, 0.25) is 0 Å². The molecule has 0 bridgehead atoms. The summed E-state index contributed by atoms with van der Waals surface area (Å²) in [4.78, 5) is 0.